The van der Waals surface area contributed by atoms with Gasteiger partial charge < -0.3 is 0 Å². The normalized spacial score (nSPS) is 11.0. The molecule has 0 unspecified atom stereocenters. The van der Waals surface area contributed by atoms with Crippen LogP contribution in [0.5, 0.6) is 0 Å². The maximum absolute atomic E-state index is 13.5. The second-order valence-corrected chi connectivity index (χ2v) is 6.05. The standard InChI is InChI=1S/C17H12F2OS/c18-13-6-5-11(16(19)9-13)7-14(20)10-15-8-12-3-1-2-4-17(12)21-15/h1-6,8-9H,7,10H2. The zero-order valence-electron chi connectivity index (χ0n) is 11.1. The first-order chi connectivity index (χ1) is 10.1. The number of fused-ring (bicyclic) bond motifs is 1. The molecule has 0 saturated heterocycles. The second kappa shape index (κ2) is 5.74. The van der Waals surface area contributed by atoms with E-state index >= 15 is 0 Å². The van der Waals surface area contributed by atoms with Gasteiger partial charge in [0.15, 0.2) is 0 Å². The van der Waals surface area contributed by atoms with Gasteiger partial charge in [-0.25, -0.2) is 8.78 Å². The van der Waals surface area contributed by atoms with Crippen molar-refractivity contribution in [3.05, 3.63) is 70.6 Å². The highest BCUT2D eigenvalue weighted by Crippen LogP contribution is 2.26. The minimum atomic E-state index is -0.667. The molecule has 0 aliphatic heterocycles. The molecule has 1 aromatic heterocycles. The van der Waals surface area contributed by atoms with Gasteiger partial charge in [0.1, 0.15) is 17.4 Å². The van der Waals surface area contributed by atoms with E-state index in [1.807, 2.05) is 30.3 Å². The van der Waals surface area contributed by atoms with Gasteiger partial charge in [-0.3, -0.25) is 4.79 Å². The van der Waals surface area contributed by atoms with Crippen LogP contribution in [0.25, 0.3) is 10.1 Å². The van der Waals surface area contributed by atoms with Crippen molar-refractivity contribution in [2.24, 2.45) is 0 Å². The van der Waals surface area contributed by atoms with E-state index in [0.29, 0.717) is 0 Å². The summed E-state index contributed by atoms with van der Waals surface area (Å²) in [6.07, 6.45) is 0.260. The Morgan fingerprint density at radius 3 is 2.57 bits per heavy atom. The largest absolute Gasteiger partial charge is 0.299 e. The van der Waals surface area contributed by atoms with Crippen molar-refractivity contribution in [3.8, 4) is 0 Å². The number of hydrogen-bond acceptors (Lipinski definition) is 2. The van der Waals surface area contributed by atoms with Crippen molar-refractivity contribution in [1.82, 2.24) is 0 Å². The van der Waals surface area contributed by atoms with Crippen molar-refractivity contribution in [2.75, 3.05) is 0 Å². The number of rotatable bonds is 4. The molecule has 2 aromatic carbocycles. The molecule has 1 heterocycles. The first-order valence-corrected chi connectivity index (χ1v) is 7.36. The van der Waals surface area contributed by atoms with E-state index in [1.54, 1.807) is 11.3 Å². The molecule has 0 radical (unpaired) electrons. The molecule has 0 atom stereocenters. The number of ketones is 1. The maximum atomic E-state index is 13.5. The number of thiophene rings is 1. The number of halogens is 2. The summed E-state index contributed by atoms with van der Waals surface area (Å²) < 4.78 is 27.5. The summed E-state index contributed by atoms with van der Waals surface area (Å²) >= 11 is 1.57. The van der Waals surface area contributed by atoms with Gasteiger partial charge in [0.25, 0.3) is 0 Å². The lowest BCUT2D eigenvalue weighted by Crippen LogP contribution is -2.07. The number of carbonyl (C=O) groups is 1. The summed E-state index contributed by atoms with van der Waals surface area (Å²) in [5.74, 6) is -1.38. The van der Waals surface area contributed by atoms with E-state index < -0.39 is 11.6 Å². The highest BCUT2D eigenvalue weighted by Gasteiger charge is 2.11. The third-order valence-electron chi connectivity index (χ3n) is 3.25. The predicted molar refractivity (Wildman–Crippen MR) is 80.6 cm³/mol. The zero-order valence-corrected chi connectivity index (χ0v) is 11.9. The Morgan fingerprint density at radius 2 is 1.81 bits per heavy atom. The Hall–Kier alpha value is -2.07. The van der Waals surface area contributed by atoms with Crippen LogP contribution in [0.3, 0.4) is 0 Å². The molecule has 0 spiro atoms. The van der Waals surface area contributed by atoms with Gasteiger partial charge in [-0.15, -0.1) is 11.3 Å². The highest BCUT2D eigenvalue weighted by atomic mass is 32.1. The van der Waals surface area contributed by atoms with Crippen LogP contribution < -0.4 is 0 Å². The maximum Gasteiger partial charge on any atom is 0.142 e. The van der Waals surface area contributed by atoms with Crippen molar-refractivity contribution in [3.63, 3.8) is 0 Å². The van der Waals surface area contributed by atoms with Gasteiger partial charge in [0.05, 0.1) is 0 Å². The van der Waals surface area contributed by atoms with Crippen LogP contribution in [0, 0.1) is 11.6 Å². The number of benzene rings is 2. The van der Waals surface area contributed by atoms with E-state index in [0.717, 1.165) is 21.0 Å². The third kappa shape index (κ3) is 3.16. The van der Waals surface area contributed by atoms with Crippen LogP contribution in [-0.2, 0) is 17.6 Å². The minimum absolute atomic E-state index is 0.0135. The Morgan fingerprint density at radius 1 is 1.00 bits per heavy atom. The molecule has 0 aliphatic rings. The lowest BCUT2D eigenvalue weighted by molar-refractivity contribution is -0.117. The minimum Gasteiger partial charge on any atom is -0.299 e. The molecular formula is C17H12F2OS. The average Bonchev–Trinajstić information content (AvgIpc) is 2.84. The Labute approximate surface area is 124 Å². The summed E-state index contributed by atoms with van der Waals surface area (Å²) in [6.45, 7) is 0. The number of Topliss-reactive ketones (excluding diaryl/α,β-unsaturated/α-hetero) is 1. The molecule has 0 saturated carbocycles. The molecule has 0 aliphatic carbocycles. The zero-order chi connectivity index (χ0) is 14.8. The molecule has 4 heteroatoms. The third-order valence-corrected chi connectivity index (χ3v) is 4.37. The van der Waals surface area contributed by atoms with E-state index in [2.05, 4.69) is 0 Å². The van der Waals surface area contributed by atoms with Gasteiger partial charge in [-0.05, 0) is 29.1 Å². The summed E-state index contributed by atoms with van der Waals surface area (Å²) in [7, 11) is 0. The fourth-order valence-corrected chi connectivity index (χ4v) is 3.35. The average molecular weight is 302 g/mol. The van der Waals surface area contributed by atoms with Gasteiger partial charge in [-0.1, -0.05) is 24.3 Å². The van der Waals surface area contributed by atoms with Crippen molar-refractivity contribution in [1.29, 1.82) is 0 Å². The number of carbonyl (C=O) groups excluding carboxylic acids is 1. The Bertz CT molecular complexity index is 774. The molecule has 1 nitrogen and oxygen atoms in total. The van der Waals surface area contributed by atoms with Crippen LogP contribution in [0.15, 0.2) is 48.5 Å². The van der Waals surface area contributed by atoms with Crippen LogP contribution in [0.4, 0.5) is 8.78 Å². The van der Waals surface area contributed by atoms with Crippen LogP contribution >= 0.6 is 11.3 Å². The van der Waals surface area contributed by atoms with Crippen LogP contribution in [0.1, 0.15) is 10.4 Å². The topological polar surface area (TPSA) is 17.1 Å². The van der Waals surface area contributed by atoms with E-state index in [1.165, 1.54) is 12.1 Å². The summed E-state index contributed by atoms with van der Waals surface area (Å²) in [6, 6.07) is 13.2. The quantitative estimate of drug-likeness (QED) is 0.692. The second-order valence-electron chi connectivity index (χ2n) is 4.88. The summed E-state index contributed by atoms with van der Waals surface area (Å²) in [4.78, 5) is 13.0. The lowest BCUT2D eigenvalue weighted by atomic mass is 10.1. The van der Waals surface area contributed by atoms with E-state index in [9.17, 15) is 13.6 Å². The highest BCUT2D eigenvalue weighted by molar-refractivity contribution is 7.19. The Balaban J connectivity index is 1.74. The first kappa shape index (κ1) is 13.9. The fourth-order valence-electron chi connectivity index (χ4n) is 2.26. The fraction of sp³-hybridized carbons (Fsp3) is 0.118. The molecule has 0 amide bonds. The number of hydrogen-bond donors (Lipinski definition) is 0. The van der Waals surface area contributed by atoms with Gasteiger partial charge in [-0.2, -0.15) is 0 Å². The Kier molecular flexibility index (Phi) is 3.80. The summed E-state index contributed by atoms with van der Waals surface area (Å²) in [5, 5.41) is 1.11. The van der Waals surface area contributed by atoms with Gasteiger partial charge >= 0.3 is 0 Å². The first-order valence-electron chi connectivity index (χ1n) is 6.55. The van der Waals surface area contributed by atoms with Gasteiger partial charge in [0.2, 0.25) is 0 Å². The van der Waals surface area contributed by atoms with E-state index in [4.69, 9.17) is 0 Å². The van der Waals surface area contributed by atoms with Crippen LogP contribution in [-0.4, -0.2) is 5.78 Å². The van der Waals surface area contributed by atoms with Crippen molar-refractivity contribution < 1.29 is 13.6 Å². The molecule has 0 N–H and O–H groups in total. The van der Waals surface area contributed by atoms with Crippen LogP contribution in [0.2, 0.25) is 0 Å². The van der Waals surface area contributed by atoms with E-state index in [-0.39, 0.29) is 24.2 Å². The van der Waals surface area contributed by atoms with Gasteiger partial charge in [0, 0.05) is 28.5 Å². The molecular weight excluding hydrogens is 290 g/mol. The molecule has 3 rings (SSSR count). The smallest absolute Gasteiger partial charge is 0.142 e. The van der Waals surface area contributed by atoms with Crippen molar-refractivity contribution in [2.45, 2.75) is 12.8 Å². The monoisotopic (exact) mass is 302 g/mol. The van der Waals surface area contributed by atoms with Crippen molar-refractivity contribution >= 4 is 27.2 Å². The molecule has 0 fully saturated rings. The predicted octanol–water partition coefficient (Wildman–Crippen LogP) is 4.53. The summed E-state index contributed by atoms with van der Waals surface area (Å²) in [5.41, 5.74) is 0.238. The molecule has 21 heavy (non-hydrogen) atoms. The molecule has 0 bridgehead atoms. The lowest BCUT2D eigenvalue weighted by Gasteiger charge is -2.02. The SMILES string of the molecule is O=C(Cc1cc2ccccc2s1)Cc1ccc(F)cc1F. The molecule has 3 aromatic rings. The molecule has 106 valence electrons.